The number of para-hydroxylation sites is 1. The SMILES string of the molecule is Cc1c(COC(=O)C[C@H]2Sc3ccccc3NC2=O)noc1-c1ccc(F)cc1. The number of ether oxygens (including phenoxy) is 1. The number of thioether (sulfide) groups is 1. The third kappa shape index (κ3) is 4.17. The number of esters is 1. The summed E-state index contributed by atoms with van der Waals surface area (Å²) < 4.78 is 23.7. The second-order valence-corrected chi connectivity index (χ2v) is 7.79. The first-order valence-electron chi connectivity index (χ1n) is 8.94. The molecule has 1 aliphatic rings. The largest absolute Gasteiger partial charge is 0.459 e. The number of hydrogen-bond donors (Lipinski definition) is 1. The maximum atomic E-state index is 13.1. The molecule has 148 valence electrons. The first-order chi connectivity index (χ1) is 14.0. The maximum absolute atomic E-state index is 13.1. The number of carbonyl (C=O) groups is 2. The van der Waals surface area contributed by atoms with Gasteiger partial charge in [-0.3, -0.25) is 9.59 Å². The van der Waals surface area contributed by atoms with E-state index in [1.807, 2.05) is 24.3 Å². The van der Waals surface area contributed by atoms with Crippen LogP contribution in [0.4, 0.5) is 10.1 Å². The lowest BCUT2D eigenvalue weighted by Crippen LogP contribution is -2.31. The smallest absolute Gasteiger partial charge is 0.307 e. The van der Waals surface area contributed by atoms with Crippen LogP contribution in [0.2, 0.25) is 0 Å². The summed E-state index contributed by atoms with van der Waals surface area (Å²) in [5.74, 6) is -0.563. The molecule has 0 unspecified atom stereocenters. The summed E-state index contributed by atoms with van der Waals surface area (Å²) in [5.41, 5.74) is 2.62. The number of benzene rings is 2. The molecule has 0 saturated carbocycles. The molecular weight excluding hydrogens is 395 g/mol. The van der Waals surface area contributed by atoms with Gasteiger partial charge in [-0.2, -0.15) is 0 Å². The van der Waals surface area contributed by atoms with Crippen LogP contribution in [0.25, 0.3) is 11.3 Å². The van der Waals surface area contributed by atoms with Gasteiger partial charge in [-0.25, -0.2) is 4.39 Å². The Labute approximate surface area is 170 Å². The molecule has 1 N–H and O–H groups in total. The Balaban J connectivity index is 1.37. The minimum Gasteiger partial charge on any atom is -0.459 e. The molecule has 0 spiro atoms. The number of halogens is 1. The molecule has 1 amide bonds. The van der Waals surface area contributed by atoms with Gasteiger partial charge in [-0.15, -0.1) is 11.8 Å². The van der Waals surface area contributed by atoms with Crippen LogP contribution < -0.4 is 5.32 Å². The average Bonchev–Trinajstić information content (AvgIpc) is 3.08. The normalized spacial score (nSPS) is 15.5. The predicted molar refractivity (Wildman–Crippen MR) is 106 cm³/mol. The van der Waals surface area contributed by atoms with Crippen molar-refractivity contribution in [1.82, 2.24) is 5.16 Å². The molecule has 4 rings (SSSR count). The van der Waals surface area contributed by atoms with Crippen molar-refractivity contribution in [2.24, 2.45) is 0 Å². The van der Waals surface area contributed by atoms with E-state index in [9.17, 15) is 14.0 Å². The highest BCUT2D eigenvalue weighted by atomic mass is 32.2. The van der Waals surface area contributed by atoms with Crippen LogP contribution in [0.1, 0.15) is 17.7 Å². The highest BCUT2D eigenvalue weighted by Gasteiger charge is 2.29. The molecular formula is C21H17FN2O4S. The zero-order valence-electron chi connectivity index (χ0n) is 15.5. The van der Waals surface area contributed by atoms with Crippen LogP contribution in [0, 0.1) is 12.7 Å². The Morgan fingerprint density at radius 3 is 2.79 bits per heavy atom. The second-order valence-electron chi connectivity index (χ2n) is 6.55. The Bertz CT molecular complexity index is 1060. The number of carbonyl (C=O) groups excluding carboxylic acids is 2. The van der Waals surface area contributed by atoms with Crippen molar-refractivity contribution in [3.05, 3.63) is 65.6 Å². The fourth-order valence-corrected chi connectivity index (χ4v) is 4.06. The van der Waals surface area contributed by atoms with E-state index in [-0.39, 0.29) is 24.8 Å². The molecule has 0 bridgehead atoms. The van der Waals surface area contributed by atoms with Crippen molar-refractivity contribution in [3.63, 3.8) is 0 Å². The number of aromatic nitrogens is 1. The number of nitrogens with zero attached hydrogens (tertiary/aromatic N) is 1. The Hall–Kier alpha value is -3.13. The van der Waals surface area contributed by atoms with Crippen molar-refractivity contribution in [3.8, 4) is 11.3 Å². The molecule has 0 aliphatic carbocycles. The molecule has 6 nitrogen and oxygen atoms in total. The molecule has 0 saturated heterocycles. The maximum Gasteiger partial charge on any atom is 0.307 e. The van der Waals surface area contributed by atoms with Gasteiger partial charge < -0.3 is 14.6 Å². The number of amides is 1. The fraction of sp³-hybridized carbons (Fsp3) is 0.190. The van der Waals surface area contributed by atoms with Crippen molar-refractivity contribution in [2.45, 2.75) is 30.1 Å². The summed E-state index contributed by atoms with van der Waals surface area (Å²) in [4.78, 5) is 25.4. The van der Waals surface area contributed by atoms with Crippen LogP contribution >= 0.6 is 11.8 Å². The Morgan fingerprint density at radius 2 is 2.00 bits per heavy atom. The molecule has 29 heavy (non-hydrogen) atoms. The molecule has 2 aromatic carbocycles. The van der Waals surface area contributed by atoms with Gasteiger partial charge in [-0.1, -0.05) is 17.3 Å². The summed E-state index contributed by atoms with van der Waals surface area (Å²) in [6, 6.07) is 13.3. The minimum absolute atomic E-state index is 0.0491. The van der Waals surface area contributed by atoms with Gasteiger partial charge in [0.15, 0.2) is 5.76 Å². The van der Waals surface area contributed by atoms with Gasteiger partial charge in [0.1, 0.15) is 18.1 Å². The van der Waals surface area contributed by atoms with Crippen molar-refractivity contribution < 1.29 is 23.2 Å². The first kappa shape index (κ1) is 19.2. The summed E-state index contributed by atoms with van der Waals surface area (Å²) in [5, 5.41) is 6.20. The van der Waals surface area contributed by atoms with Gasteiger partial charge in [0, 0.05) is 16.0 Å². The highest BCUT2D eigenvalue weighted by Crippen LogP contribution is 2.36. The topological polar surface area (TPSA) is 81.4 Å². The molecule has 2 heterocycles. The van der Waals surface area contributed by atoms with Crippen molar-refractivity contribution in [1.29, 1.82) is 0 Å². The molecule has 1 aliphatic heterocycles. The van der Waals surface area contributed by atoms with Crippen LogP contribution in [0.15, 0.2) is 57.9 Å². The minimum atomic E-state index is -0.550. The number of hydrogen-bond acceptors (Lipinski definition) is 6. The van der Waals surface area contributed by atoms with E-state index < -0.39 is 11.2 Å². The van der Waals surface area contributed by atoms with E-state index in [2.05, 4.69) is 10.5 Å². The summed E-state index contributed by atoms with van der Waals surface area (Å²) in [6.07, 6.45) is -0.0491. The number of nitrogens with one attached hydrogen (secondary N) is 1. The quantitative estimate of drug-likeness (QED) is 0.628. The summed E-state index contributed by atoms with van der Waals surface area (Å²) in [6.45, 7) is 1.73. The molecule has 8 heteroatoms. The van der Waals surface area contributed by atoms with Crippen LogP contribution in [-0.2, 0) is 20.9 Å². The van der Waals surface area contributed by atoms with E-state index >= 15 is 0 Å². The van der Waals surface area contributed by atoms with Gasteiger partial charge in [0.05, 0.1) is 17.4 Å². The summed E-state index contributed by atoms with van der Waals surface area (Å²) >= 11 is 1.34. The van der Waals surface area contributed by atoms with Gasteiger partial charge in [-0.05, 0) is 43.3 Å². The number of fused-ring (bicyclic) bond motifs is 1. The van der Waals surface area contributed by atoms with Gasteiger partial charge in [0.2, 0.25) is 5.91 Å². The lowest BCUT2D eigenvalue weighted by molar-refractivity contribution is -0.145. The number of rotatable bonds is 5. The zero-order valence-corrected chi connectivity index (χ0v) is 16.3. The molecule has 1 atom stereocenters. The van der Waals surface area contributed by atoms with Crippen LogP contribution in [0.3, 0.4) is 0 Å². The monoisotopic (exact) mass is 412 g/mol. The Morgan fingerprint density at radius 1 is 1.24 bits per heavy atom. The summed E-state index contributed by atoms with van der Waals surface area (Å²) in [7, 11) is 0. The van der Waals surface area contributed by atoms with E-state index in [1.54, 1.807) is 19.1 Å². The van der Waals surface area contributed by atoms with Crippen LogP contribution in [0.5, 0.6) is 0 Å². The predicted octanol–water partition coefficient (Wildman–Crippen LogP) is 4.34. The van der Waals surface area contributed by atoms with Crippen molar-refractivity contribution >= 4 is 29.3 Å². The Kier molecular flexibility index (Phi) is 5.35. The van der Waals surface area contributed by atoms with Crippen molar-refractivity contribution in [2.75, 3.05) is 5.32 Å². The third-order valence-electron chi connectivity index (χ3n) is 4.56. The highest BCUT2D eigenvalue weighted by molar-refractivity contribution is 8.01. The van der Waals surface area contributed by atoms with Gasteiger partial charge >= 0.3 is 5.97 Å². The lowest BCUT2D eigenvalue weighted by Gasteiger charge is -2.23. The van der Waals surface area contributed by atoms with Gasteiger partial charge in [0.25, 0.3) is 0 Å². The first-order valence-corrected chi connectivity index (χ1v) is 9.82. The molecule has 1 aromatic heterocycles. The lowest BCUT2D eigenvalue weighted by atomic mass is 10.1. The zero-order chi connectivity index (χ0) is 20.4. The fourth-order valence-electron chi connectivity index (χ4n) is 2.96. The third-order valence-corrected chi connectivity index (χ3v) is 5.83. The van der Waals surface area contributed by atoms with E-state index in [0.29, 0.717) is 22.6 Å². The van der Waals surface area contributed by atoms with E-state index in [1.165, 1.54) is 23.9 Å². The average molecular weight is 412 g/mol. The van der Waals surface area contributed by atoms with E-state index in [4.69, 9.17) is 9.26 Å². The molecule has 0 fully saturated rings. The molecule has 3 aromatic rings. The van der Waals surface area contributed by atoms with Crippen LogP contribution in [-0.4, -0.2) is 22.3 Å². The second kappa shape index (κ2) is 8.08. The number of anilines is 1. The molecule has 0 radical (unpaired) electrons. The standard InChI is InChI=1S/C21H17FN2O4S/c1-12-16(24-28-20(12)13-6-8-14(22)9-7-13)11-27-19(25)10-18-21(26)23-15-4-2-3-5-17(15)29-18/h2-9,18H,10-11H2,1H3,(H,23,26)/t18-/m1/s1. The van der Waals surface area contributed by atoms with E-state index in [0.717, 1.165) is 10.6 Å².